The summed E-state index contributed by atoms with van der Waals surface area (Å²) in [4.78, 5) is 24.9. The van der Waals surface area contributed by atoms with Crippen molar-refractivity contribution in [3.8, 4) is 0 Å². The van der Waals surface area contributed by atoms with Gasteiger partial charge in [0, 0.05) is 12.5 Å². The lowest BCUT2D eigenvalue weighted by atomic mass is 10.1. The number of benzene rings is 1. The maximum absolute atomic E-state index is 12.2. The van der Waals surface area contributed by atoms with E-state index in [1.807, 2.05) is 45.0 Å². The fourth-order valence-corrected chi connectivity index (χ4v) is 2.16. The lowest BCUT2D eigenvalue weighted by Gasteiger charge is -2.24. The van der Waals surface area contributed by atoms with E-state index < -0.39 is 17.8 Å². The zero-order valence-electron chi connectivity index (χ0n) is 12.2. The molecule has 0 radical (unpaired) electrons. The molecule has 0 spiro atoms. The van der Waals surface area contributed by atoms with Crippen LogP contribution in [0.4, 0.5) is 10.5 Å². The molecule has 20 heavy (non-hydrogen) atoms. The van der Waals surface area contributed by atoms with Crippen LogP contribution in [0.15, 0.2) is 24.3 Å². The Morgan fingerprint density at radius 1 is 1.25 bits per heavy atom. The summed E-state index contributed by atoms with van der Waals surface area (Å²) < 4.78 is 10.6. The zero-order valence-corrected chi connectivity index (χ0v) is 12.2. The Hall–Kier alpha value is -2.04. The van der Waals surface area contributed by atoms with Crippen molar-refractivity contribution in [1.82, 2.24) is 0 Å². The summed E-state index contributed by atoms with van der Waals surface area (Å²) in [6.45, 7) is 7.09. The van der Waals surface area contributed by atoms with Crippen LogP contribution >= 0.6 is 0 Å². The lowest BCUT2D eigenvalue weighted by molar-refractivity contribution is -0.145. The predicted octanol–water partition coefficient (Wildman–Crippen LogP) is 3.05. The summed E-state index contributed by atoms with van der Waals surface area (Å²) in [6.07, 6.45) is -0.865. The first-order valence-electron chi connectivity index (χ1n) is 6.54. The topological polar surface area (TPSA) is 55.8 Å². The number of fused-ring (bicyclic) bond motifs is 1. The molecular weight excluding hydrogens is 258 g/mol. The van der Waals surface area contributed by atoms with Gasteiger partial charge in [0.15, 0.2) is 0 Å². The Morgan fingerprint density at radius 3 is 2.50 bits per heavy atom. The largest absolute Gasteiger partial charge is 0.456 e. The van der Waals surface area contributed by atoms with Crippen molar-refractivity contribution < 1.29 is 19.1 Å². The lowest BCUT2D eigenvalue weighted by Crippen LogP contribution is -2.36. The number of nitrogens with zero attached hydrogens (tertiary/aromatic N) is 1. The molecule has 5 heteroatoms. The number of esters is 1. The van der Waals surface area contributed by atoms with Crippen LogP contribution in [0.1, 0.15) is 39.4 Å². The second-order valence-electron chi connectivity index (χ2n) is 5.75. The van der Waals surface area contributed by atoms with E-state index in [-0.39, 0.29) is 12.5 Å². The SMILES string of the molecule is CC(=O)OC1CN(C(=O)OC(C)(C)C)c2ccccc21. The smallest absolute Gasteiger partial charge is 0.414 e. The van der Waals surface area contributed by atoms with Gasteiger partial charge < -0.3 is 9.47 Å². The van der Waals surface area contributed by atoms with Crippen LogP contribution in [0, 0.1) is 0 Å². The molecule has 1 aromatic carbocycles. The molecule has 1 aromatic rings. The highest BCUT2D eigenvalue weighted by Gasteiger charge is 2.36. The molecule has 1 unspecified atom stereocenters. The Balaban J connectivity index is 2.25. The third-order valence-corrected chi connectivity index (χ3v) is 2.84. The molecule has 2 rings (SSSR count). The number of rotatable bonds is 1. The summed E-state index contributed by atoms with van der Waals surface area (Å²) in [6, 6.07) is 7.37. The van der Waals surface area contributed by atoms with Crippen LogP contribution in [-0.2, 0) is 14.3 Å². The third kappa shape index (κ3) is 3.10. The first-order chi connectivity index (χ1) is 9.28. The van der Waals surface area contributed by atoms with E-state index in [1.54, 1.807) is 0 Å². The van der Waals surface area contributed by atoms with Gasteiger partial charge in [0.05, 0.1) is 12.2 Å². The average molecular weight is 277 g/mol. The Bertz CT molecular complexity index is 533. The highest BCUT2D eigenvalue weighted by atomic mass is 16.6. The van der Waals surface area contributed by atoms with Crippen LogP contribution in [0.25, 0.3) is 0 Å². The van der Waals surface area contributed by atoms with Crippen LogP contribution in [0.3, 0.4) is 0 Å². The molecule has 0 fully saturated rings. The fourth-order valence-electron chi connectivity index (χ4n) is 2.16. The minimum absolute atomic E-state index is 0.286. The summed E-state index contributed by atoms with van der Waals surface area (Å²) in [5.74, 6) is -0.365. The summed E-state index contributed by atoms with van der Waals surface area (Å²) in [5, 5.41) is 0. The molecule has 0 bridgehead atoms. The number of hydrogen-bond acceptors (Lipinski definition) is 4. The molecule has 1 aliphatic heterocycles. The summed E-state index contributed by atoms with van der Waals surface area (Å²) >= 11 is 0. The van der Waals surface area contributed by atoms with Crippen molar-refractivity contribution in [2.45, 2.75) is 39.4 Å². The number of anilines is 1. The maximum atomic E-state index is 12.2. The minimum atomic E-state index is -0.564. The van der Waals surface area contributed by atoms with Gasteiger partial charge in [0.25, 0.3) is 0 Å². The molecule has 0 aliphatic carbocycles. The van der Waals surface area contributed by atoms with Gasteiger partial charge >= 0.3 is 12.1 Å². The van der Waals surface area contributed by atoms with E-state index in [2.05, 4.69) is 0 Å². The number of carbonyl (C=O) groups excluding carboxylic acids is 2. The monoisotopic (exact) mass is 277 g/mol. The first kappa shape index (κ1) is 14.4. The van der Waals surface area contributed by atoms with Gasteiger partial charge in [-0.05, 0) is 26.8 Å². The number of amides is 1. The van der Waals surface area contributed by atoms with Crippen molar-refractivity contribution >= 4 is 17.7 Å². The normalized spacial score (nSPS) is 17.6. The molecular formula is C15H19NO4. The van der Waals surface area contributed by atoms with Crippen molar-refractivity contribution in [3.05, 3.63) is 29.8 Å². The molecule has 0 saturated heterocycles. The zero-order chi connectivity index (χ0) is 14.9. The maximum Gasteiger partial charge on any atom is 0.414 e. The second-order valence-corrected chi connectivity index (χ2v) is 5.75. The third-order valence-electron chi connectivity index (χ3n) is 2.84. The van der Waals surface area contributed by atoms with Gasteiger partial charge in [-0.3, -0.25) is 9.69 Å². The van der Waals surface area contributed by atoms with E-state index >= 15 is 0 Å². The Kier molecular flexibility index (Phi) is 3.70. The molecule has 1 atom stereocenters. The number of ether oxygens (including phenoxy) is 2. The molecule has 1 aliphatic rings. The number of para-hydroxylation sites is 1. The average Bonchev–Trinajstić information content (AvgIpc) is 2.66. The van der Waals surface area contributed by atoms with E-state index in [0.29, 0.717) is 0 Å². The van der Waals surface area contributed by atoms with Gasteiger partial charge in [-0.2, -0.15) is 0 Å². The van der Waals surface area contributed by atoms with E-state index in [9.17, 15) is 9.59 Å². The molecule has 1 heterocycles. The molecule has 0 N–H and O–H groups in total. The van der Waals surface area contributed by atoms with Crippen molar-refractivity contribution in [2.75, 3.05) is 11.4 Å². The Morgan fingerprint density at radius 2 is 1.90 bits per heavy atom. The number of carbonyl (C=O) groups is 2. The molecule has 5 nitrogen and oxygen atoms in total. The van der Waals surface area contributed by atoms with Gasteiger partial charge in [-0.1, -0.05) is 18.2 Å². The van der Waals surface area contributed by atoms with Gasteiger partial charge in [0.2, 0.25) is 0 Å². The fraction of sp³-hybridized carbons (Fsp3) is 0.467. The van der Waals surface area contributed by atoms with Crippen molar-refractivity contribution in [2.24, 2.45) is 0 Å². The van der Waals surface area contributed by atoms with Crippen LogP contribution in [0.2, 0.25) is 0 Å². The quantitative estimate of drug-likeness (QED) is 0.740. The summed E-state index contributed by atoms with van der Waals surface area (Å²) in [7, 11) is 0. The van der Waals surface area contributed by atoms with Crippen LogP contribution in [-0.4, -0.2) is 24.2 Å². The predicted molar refractivity (Wildman–Crippen MR) is 74.5 cm³/mol. The van der Waals surface area contributed by atoms with Crippen LogP contribution in [0.5, 0.6) is 0 Å². The second kappa shape index (κ2) is 5.15. The van der Waals surface area contributed by atoms with Crippen molar-refractivity contribution in [1.29, 1.82) is 0 Å². The molecule has 0 aromatic heterocycles. The molecule has 1 amide bonds. The van der Waals surface area contributed by atoms with E-state index in [1.165, 1.54) is 11.8 Å². The molecule has 0 saturated carbocycles. The van der Waals surface area contributed by atoms with E-state index in [0.717, 1.165) is 11.3 Å². The van der Waals surface area contributed by atoms with Crippen LogP contribution < -0.4 is 4.90 Å². The Labute approximate surface area is 118 Å². The number of hydrogen-bond donors (Lipinski definition) is 0. The highest BCUT2D eigenvalue weighted by molar-refractivity contribution is 5.91. The molecule has 108 valence electrons. The van der Waals surface area contributed by atoms with Crippen molar-refractivity contribution in [3.63, 3.8) is 0 Å². The van der Waals surface area contributed by atoms with Gasteiger partial charge in [-0.25, -0.2) is 4.79 Å². The summed E-state index contributed by atoms with van der Waals surface area (Å²) in [5.41, 5.74) is 0.993. The van der Waals surface area contributed by atoms with E-state index in [4.69, 9.17) is 9.47 Å². The van der Waals surface area contributed by atoms with Gasteiger partial charge in [0.1, 0.15) is 11.7 Å². The minimum Gasteiger partial charge on any atom is -0.456 e. The van der Waals surface area contributed by atoms with Gasteiger partial charge in [-0.15, -0.1) is 0 Å². The highest BCUT2D eigenvalue weighted by Crippen LogP contribution is 2.37. The standard InChI is InChI=1S/C15H19NO4/c1-10(17)19-13-9-16(14(18)20-15(2,3)4)12-8-6-5-7-11(12)13/h5-8,13H,9H2,1-4H3. The first-order valence-corrected chi connectivity index (χ1v) is 6.54.